The largest absolute Gasteiger partial charge is 0.416 e. The molecule has 4 rings (SSSR count). The smallest absolute Gasteiger partial charge is 0.378 e. The second-order valence-electron chi connectivity index (χ2n) is 5.93. The van der Waals surface area contributed by atoms with Crippen LogP contribution in [0.4, 0.5) is 13.2 Å². The first-order valence-electron chi connectivity index (χ1n) is 7.33. The lowest BCUT2D eigenvalue weighted by molar-refractivity contribution is -0.137. The van der Waals surface area contributed by atoms with Crippen molar-refractivity contribution in [3.8, 4) is 11.1 Å². The molecule has 0 radical (unpaired) electrons. The lowest BCUT2D eigenvalue weighted by atomic mass is 9.97. The van der Waals surface area contributed by atoms with Gasteiger partial charge >= 0.3 is 6.18 Å². The molecule has 0 saturated heterocycles. The van der Waals surface area contributed by atoms with E-state index < -0.39 is 17.5 Å². The Kier molecular flexibility index (Phi) is 4.41. The minimum Gasteiger partial charge on any atom is -0.378 e. The Morgan fingerprint density at radius 2 is 1.76 bits per heavy atom. The van der Waals surface area contributed by atoms with Crippen molar-refractivity contribution < 1.29 is 18.3 Å². The van der Waals surface area contributed by atoms with Gasteiger partial charge in [-0.15, -0.1) is 17.0 Å². The highest BCUT2D eigenvalue weighted by atomic mass is 79.9. The van der Waals surface area contributed by atoms with Crippen LogP contribution in [0.3, 0.4) is 0 Å². The predicted molar refractivity (Wildman–Crippen MR) is 97.8 cm³/mol. The summed E-state index contributed by atoms with van der Waals surface area (Å²) in [4.78, 5) is 4.17. The second kappa shape index (κ2) is 6.03. The standard InChI is InChI=1S/C17H13F3N2OS.BrH/c18-17(19,20)12-5-3-9(4-6-12)10-1-2-11-8-14-16(23,13(11)7-10)22-15(21)24-14;/h1-7,14,23H,8H2,(H2,21,22);1H. The molecule has 0 aromatic heterocycles. The SMILES string of the molecule is Br.NC1=NC2(O)c3cc(-c4ccc(C(F)(F)F)cc4)ccc3CC2S1. The van der Waals surface area contributed by atoms with E-state index in [9.17, 15) is 18.3 Å². The van der Waals surface area contributed by atoms with Gasteiger partial charge in [-0.3, -0.25) is 0 Å². The molecule has 2 atom stereocenters. The summed E-state index contributed by atoms with van der Waals surface area (Å²) in [6.07, 6.45) is -3.69. The Bertz CT molecular complexity index is 854. The van der Waals surface area contributed by atoms with Gasteiger partial charge in [-0.2, -0.15) is 13.2 Å². The summed E-state index contributed by atoms with van der Waals surface area (Å²) < 4.78 is 38.0. The van der Waals surface area contributed by atoms with Gasteiger partial charge in [0.25, 0.3) is 0 Å². The maximum atomic E-state index is 12.7. The van der Waals surface area contributed by atoms with Crippen molar-refractivity contribution in [1.82, 2.24) is 0 Å². The molecule has 0 fully saturated rings. The molecule has 2 aromatic rings. The highest BCUT2D eigenvalue weighted by Crippen LogP contribution is 2.49. The number of halogens is 4. The molecule has 25 heavy (non-hydrogen) atoms. The van der Waals surface area contributed by atoms with Crippen LogP contribution < -0.4 is 5.73 Å². The molecule has 0 spiro atoms. The van der Waals surface area contributed by atoms with Crippen molar-refractivity contribution >= 4 is 33.9 Å². The average molecular weight is 431 g/mol. The number of hydrogen-bond acceptors (Lipinski definition) is 4. The number of fused-ring (bicyclic) bond motifs is 3. The number of amidine groups is 1. The van der Waals surface area contributed by atoms with Gasteiger partial charge in [-0.25, -0.2) is 4.99 Å². The van der Waals surface area contributed by atoms with Gasteiger partial charge in [0, 0.05) is 5.56 Å². The van der Waals surface area contributed by atoms with E-state index in [1.54, 1.807) is 6.07 Å². The van der Waals surface area contributed by atoms with Crippen LogP contribution in [0, 0.1) is 0 Å². The second-order valence-corrected chi connectivity index (χ2v) is 7.16. The molecular formula is C17H14BrF3N2OS. The summed E-state index contributed by atoms with van der Waals surface area (Å²) in [5.74, 6) is 0. The van der Waals surface area contributed by atoms with Crippen molar-refractivity contribution in [2.45, 2.75) is 23.6 Å². The van der Waals surface area contributed by atoms with Gasteiger partial charge in [-0.1, -0.05) is 36.0 Å². The average Bonchev–Trinajstić information content (AvgIpc) is 2.95. The van der Waals surface area contributed by atoms with Crippen molar-refractivity contribution in [3.63, 3.8) is 0 Å². The van der Waals surface area contributed by atoms with Crippen molar-refractivity contribution in [3.05, 3.63) is 59.2 Å². The lowest BCUT2D eigenvalue weighted by Crippen LogP contribution is -2.27. The third kappa shape index (κ3) is 2.96. The van der Waals surface area contributed by atoms with Crippen molar-refractivity contribution in [2.75, 3.05) is 0 Å². The fourth-order valence-corrected chi connectivity index (χ4v) is 4.33. The van der Waals surface area contributed by atoms with Crippen molar-refractivity contribution in [1.29, 1.82) is 0 Å². The third-order valence-corrected chi connectivity index (χ3v) is 5.56. The zero-order valence-corrected chi connectivity index (χ0v) is 15.3. The van der Waals surface area contributed by atoms with E-state index in [0.717, 1.165) is 23.3 Å². The van der Waals surface area contributed by atoms with Crippen LogP contribution in [-0.4, -0.2) is 15.5 Å². The van der Waals surface area contributed by atoms with Gasteiger partial charge in [0.15, 0.2) is 10.9 Å². The predicted octanol–water partition coefficient (Wildman–Crippen LogP) is 4.08. The first kappa shape index (κ1) is 18.3. The highest BCUT2D eigenvalue weighted by molar-refractivity contribution is 8.93. The molecule has 1 aliphatic heterocycles. The highest BCUT2D eigenvalue weighted by Gasteiger charge is 2.50. The molecule has 2 unspecified atom stereocenters. The molecule has 0 amide bonds. The summed E-state index contributed by atoms with van der Waals surface area (Å²) in [5.41, 5.74) is 6.75. The van der Waals surface area contributed by atoms with E-state index in [1.165, 1.54) is 23.9 Å². The fraction of sp³-hybridized carbons (Fsp3) is 0.235. The first-order valence-corrected chi connectivity index (χ1v) is 8.21. The summed E-state index contributed by atoms with van der Waals surface area (Å²) in [6.45, 7) is 0. The Morgan fingerprint density at radius 3 is 2.40 bits per heavy atom. The molecule has 3 N–H and O–H groups in total. The van der Waals surface area contributed by atoms with E-state index in [-0.39, 0.29) is 22.2 Å². The van der Waals surface area contributed by atoms with Gasteiger partial charge in [0.05, 0.1) is 10.8 Å². The Labute approximate surface area is 156 Å². The summed E-state index contributed by atoms with van der Waals surface area (Å²) in [6, 6.07) is 10.5. The van der Waals surface area contributed by atoms with Crippen LogP contribution in [0.25, 0.3) is 11.1 Å². The van der Waals surface area contributed by atoms with Crippen LogP contribution in [0.15, 0.2) is 47.5 Å². The van der Waals surface area contributed by atoms with Crippen molar-refractivity contribution in [2.24, 2.45) is 10.7 Å². The molecule has 3 nitrogen and oxygen atoms in total. The molecule has 1 aliphatic carbocycles. The van der Waals surface area contributed by atoms with Gasteiger partial charge < -0.3 is 10.8 Å². The number of nitrogens with two attached hydrogens (primary N) is 1. The Morgan fingerprint density at radius 1 is 1.12 bits per heavy atom. The molecule has 0 saturated carbocycles. The number of rotatable bonds is 1. The quantitative estimate of drug-likeness (QED) is 0.716. The van der Waals surface area contributed by atoms with E-state index in [0.29, 0.717) is 22.7 Å². The molecule has 2 aromatic carbocycles. The lowest BCUT2D eigenvalue weighted by Gasteiger charge is -2.20. The molecule has 2 aliphatic rings. The molecule has 8 heteroatoms. The topological polar surface area (TPSA) is 58.6 Å². The number of thioether (sulfide) groups is 1. The minimum atomic E-state index is -4.36. The van der Waals surface area contributed by atoms with Crippen LogP contribution in [0.2, 0.25) is 0 Å². The zero-order chi connectivity index (χ0) is 17.1. The number of hydrogen-bond donors (Lipinski definition) is 2. The molecule has 1 heterocycles. The summed E-state index contributed by atoms with van der Waals surface area (Å²) in [5, 5.41) is 11.1. The van der Waals surface area contributed by atoms with Crippen LogP contribution in [0.5, 0.6) is 0 Å². The van der Waals surface area contributed by atoms with Crippen LogP contribution in [0.1, 0.15) is 16.7 Å². The van der Waals surface area contributed by atoms with Gasteiger partial charge in [0.1, 0.15) is 0 Å². The van der Waals surface area contributed by atoms with E-state index in [1.807, 2.05) is 12.1 Å². The maximum absolute atomic E-state index is 12.7. The van der Waals surface area contributed by atoms with Crippen LogP contribution in [-0.2, 0) is 18.3 Å². The van der Waals surface area contributed by atoms with E-state index >= 15 is 0 Å². The Hall–Kier alpha value is -1.51. The number of nitrogens with zero attached hydrogens (tertiary/aromatic N) is 1. The number of aliphatic imine (C=N–C) groups is 1. The zero-order valence-electron chi connectivity index (χ0n) is 12.7. The van der Waals surface area contributed by atoms with E-state index in [2.05, 4.69) is 4.99 Å². The third-order valence-electron chi connectivity index (χ3n) is 4.45. The Balaban J connectivity index is 0.00000182. The van der Waals surface area contributed by atoms with Gasteiger partial charge in [0.2, 0.25) is 0 Å². The van der Waals surface area contributed by atoms with Gasteiger partial charge in [-0.05, 0) is 41.3 Å². The maximum Gasteiger partial charge on any atom is 0.416 e. The molecular weight excluding hydrogens is 417 g/mol. The number of aliphatic hydroxyl groups is 1. The van der Waals surface area contributed by atoms with Crippen LogP contribution >= 0.6 is 28.7 Å². The number of alkyl halides is 3. The first-order chi connectivity index (χ1) is 11.3. The minimum absolute atomic E-state index is 0. The van der Waals surface area contributed by atoms with E-state index in [4.69, 9.17) is 5.73 Å². The normalized spacial score (nSPS) is 24.3. The molecule has 0 bridgehead atoms. The fourth-order valence-electron chi connectivity index (χ4n) is 3.24. The molecule has 132 valence electrons. The summed E-state index contributed by atoms with van der Waals surface area (Å²) >= 11 is 1.35. The monoisotopic (exact) mass is 430 g/mol. The summed E-state index contributed by atoms with van der Waals surface area (Å²) in [7, 11) is 0. The number of benzene rings is 2.